The number of nitrogens with zero attached hydrogens (tertiary/aromatic N) is 1. The molecule has 0 radical (unpaired) electrons. The summed E-state index contributed by atoms with van der Waals surface area (Å²) in [5, 5.41) is 0. The zero-order chi connectivity index (χ0) is 17.9. The molecule has 128 valence electrons. The zero-order valence-electron chi connectivity index (χ0n) is 14.1. The molecule has 0 fully saturated rings. The van der Waals surface area contributed by atoms with Gasteiger partial charge in [0.05, 0.1) is 5.56 Å². The van der Waals surface area contributed by atoms with E-state index in [4.69, 9.17) is 4.42 Å². The van der Waals surface area contributed by atoms with Crippen LogP contribution in [0.2, 0.25) is 0 Å². The molecule has 0 N–H and O–H groups in total. The number of halogens is 1. The molecular formula is C22H16FNOS. The van der Waals surface area contributed by atoms with E-state index in [1.807, 2.05) is 60.9 Å². The Kier molecular flexibility index (Phi) is 4.59. The normalized spacial score (nSPS) is 10.8. The summed E-state index contributed by atoms with van der Waals surface area (Å²) >= 11 is 1.67. The molecule has 4 rings (SSSR count). The smallest absolute Gasteiger partial charge is 0.227 e. The van der Waals surface area contributed by atoms with Gasteiger partial charge < -0.3 is 4.42 Å². The van der Waals surface area contributed by atoms with E-state index >= 15 is 0 Å². The summed E-state index contributed by atoms with van der Waals surface area (Å²) in [6.07, 6.45) is 2.03. The first-order valence-corrected chi connectivity index (χ1v) is 9.44. The third-order valence-electron chi connectivity index (χ3n) is 4.13. The van der Waals surface area contributed by atoms with E-state index in [0.29, 0.717) is 22.9 Å². The van der Waals surface area contributed by atoms with Crippen LogP contribution >= 0.6 is 11.8 Å². The Morgan fingerprint density at radius 1 is 0.808 bits per heavy atom. The summed E-state index contributed by atoms with van der Waals surface area (Å²) in [6.45, 7) is 0. The molecule has 0 saturated carbocycles. The van der Waals surface area contributed by atoms with E-state index in [1.54, 1.807) is 30.0 Å². The van der Waals surface area contributed by atoms with Crippen molar-refractivity contribution in [2.75, 3.05) is 6.26 Å². The molecule has 0 aliphatic rings. The molecule has 3 aromatic carbocycles. The van der Waals surface area contributed by atoms with Crippen LogP contribution in [0.5, 0.6) is 0 Å². The van der Waals surface area contributed by atoms with Crippen molar-refractivity contribution in [3.8, 4) is 34.0 Å². The van der Waals surface area contributed by atoms with Crippen LogP contribution in [-0.2, 0) is 0 Å². The van der Waals surface area contributed by atoms with Gasteiger partial charge in [-0.3, -0.25) is 0 Å². The predicted molar refractivity (Wildman–Crippen MR) is 105 cm³/mol. The van der Waals surface area contributed by atoms with Gasteiger partial charge in [-0.05, 0) is 42.7 Å². The van der Waals surface area contributed by atoms with Gasteiger partial charge in [-0.2, -0.15) is 0 Å². The van der Waals surface area contributed by atoms with Crippen LogP contribution in [0.3, 0.4) is 0 Å². The highest BCUT2D eigenvalue weighted by atomic mass is 32.2. The maximum atomic E-state index is 14.4. The maximum Gasteiger partial charge on any atom is 0.227 e. The van der Waals surface area contributed by atoms with Gasteiger partial charge in [0.2, 0.25) is 5.89 Å². The van der Waals surface area contributed by atoms with E-state index in [0.717, 1.165) is 16.0 Å². The fraction of sp³-hybridized carbons (Fsp3) is 0.0455. The van der Waals surface area contributed by atoms with Gasteiger partial charge in [-0.25, -0.2) is 9.37 Å². The molecule has 0 amide bonds. The van der Waals surface area contributed by atoms with Crippen LogP contribution < -0.4 is 0 Å². The second kappa shape index (κ2) is 7.18. The third-order valence-corrected chi connectivity index (χ3v) is 4.87. The highest BCUT2D eigenvalue weighted by molar-refractivity contribution is 7.98. The first-order valence-electron chi connectivity index (χ1n) is 8.22. The topological polar surface area (TPSA) is 26.0 Å². The monoisotopic (exact) mass is 361 g/mol. The van der Waals surface area contributed by atoms with Crippen LogP contribution in [-0.4, -0.2) is 11.2 Å². The molecule has 1 heterocycles. The van der Waals surface area contributed by atoms with Gasteiger partial charge in [0.25, 0.3) is 0 Å². The zero-order valence-corrected chi connectivity index (χ0v) is 15.0. The summed E-state index contributed by atoms with van der Waals surface area (Å²) in [4.78, 5) is 5.84. The molecule has 0 aliphatic heterocycles. The average Bonchev–Trinajstić information content (AvgIpc) is 3.14. The number of aromatic nitrogens is 1. The van der Waals surface area contributed by atoms with Crippen molar-refractivity contribution in [3.05, 3.63) is 84.7 Å². The van der Waals surface area contributed by atoms with Gasteiger partial charge >= 0.3 is 0 Å². The Labute approximate surface area is 155 Å². The molecule has 0 bridgehead atoms. The van der Waals surface area contributed by atoms with E-state index < -0.39 is 0 Å². The minimum Gasteiger partial charge on any atom is -0.435 e. The summed E-state index contributed by atoms with van der Waals surface area (Å²) < 4.78 is 20.4. The van der Waals surface area contributed by atoms with Crippen LogP contribution in [0.4, 0.5) is 4.39 Å². The lowest BCUT2D eigenvalue weighted by Crippen LogP contribution is -1.86. The lowest BCUT2D eigenvalue weighted by atomic mass is 10.1. The van der Waals surface area contributed by atoms with Crippen LogP contribution in [0.1, 0.15) is 0 Å². The van der Waals surface area contributed by atoms with Crippen LogP contribution in [0, 0.1) is 5.82 Å². The minimum atomic E-state index is -0.328. The molecule has 0 aliphatic carbocycles. The van der Waals surface area contributed by atoms with Crippen molar-refractivity contribution < 1.29 is 8.81 Å². The predicted octanol–water partition coefficient (Wildman–Crippen LogP) is 6.54. The van der Waals surface area contributed by atoms with E-state index in [2.05, 4.69) is 4.98 Å². The summed E-state index contributed by atoms with van der Waals surface area (Å²) in [6, 6.07) is 24.3. The summed E-state index contributed by atoms with van der Waals surface area (Å²) in [5.41, 5.74) is 2.80. The van der Waals surface area contributed by atoms with Crippen molar-refractivity contribution in [1.82, 2.24) is 4.98 Å². The number of rotatable bonds is 4. The van der Waals surface area contributed by atoms with E-state index in [-0.39, 0.29) is 5.82 Å². The third kappa shape index (κ3) is 3.16. The molecule has 1 aromatic heterocycles. The largest absolute Gasteiger partial charge is 0.435 e. The van der Waals surface area contributed by atoms with Gasteiger partial charge in [-0.15, -0.1) is 11.8 Å². The minimum absolute atomic E-state index is 0.328. The number of hydrogen-bond donors (Lipinski definition) is 0. The standard InChI is InChI=1S/C22H16FNOS/c1-26-17-13-11-15(12-14-17)20-21(18-9-5-6-10-19(18)23)25-22(24-20)16-7-3-2-4-8-16/h2-14H,1H3. The van der Waals surface area contributed by atoms with Crippen molar-refractivity contribution in [2.24, 2.45) is 0 Å². The fourth-order valence-corrected chi connectivity index (χ4v) is 3.21. The second-order valence-electron chi connectivity index (χ2n) is 5.77. The molecule has 0 atom stereocenters. The van der Waals surface area contributed by atoms with Gasteiger partial charge in [0, 0.05) is 16.0 Å². The number of oxazole rings is 1. The Balaban J connectivity index is 1.90. The molecule has 4 aromatic rings. The highest BCUT2D eigenvalue weighted by Crippen LogP contribution is 2.37. The van der Waals surface area contributed by atoms with Gasteiger partial charge in [0.1, 0.15) is 11.5 Å². The van der Waals surface area contributed by atoms with Crippen molar-refractivity contribution in [3.63, 3.8) is 0 Å². The summed E-state index contributed by atoms with van der Waals surface area (Å²) in [7, 11) is 0. The lowest BCUT2D eigenvalue weighted by Gasteiger charge is -2.03. The quantitative estimate of drug-likeness (QED) is 0.386. The average molecular weight is 361 g/mol. The second-order valence-corrected chi connectivity index (χ2v) is 6.65. The molecule has 2 nitrogen and oxygen atoms in total. The highest BCUT2D eigenvalue weighted by Gasteiger charge is 2.20. The first-order chi connectivity index (χ1) is 12.8. The lowest BCUT2D eigenvalue weighted by molar-refractivity contribution is 0.575. The van der Waals surface area contributed by atoms with Crippen molar-refractivity contribution in [1.29, 1.82) is 0 Å². The van der Waals surface area contributed by atoms with E-state index in [1.165, 1.54) is 6.07 Å². The molecule has 4 heteroatoms. The van der Waals surface area contributed by atoms with Crippen molar-refractivity contribution in [2.45, 2.75) is 4.90 Å². The number of hydrogen-bond acceptors (Lipinski definition) is 3. The number of benzene rings is 3. The molecular weight excluding hydrogens is 345 g/mol. The van der Waals surface area contributed by atoms with Crippen LogP contribution in [0.15, 0.2) is 88.2 Å². The summed E-state index contributed by atoms with van der Waals surface area (Å²) in [5.74, 6) is 0.594. The van der Waals surface area contributed by atoms with E-state index in [9.17, 15) is 4.39 Å². The first kappa shape index (κ1) is 16.6. The Morgan fingerprint density at radius 3 is 2.19 bits per heavy atom. The number of thioether (sulfide) groups is 1. The van der Waals surface area contributed by atoms with Crippen molar-refractivity contribution >= 4 is 11.8 Å². The Bertz CT molecular complexity index is 1030. The Hall–Kier alpha value is -2.85. The molecule has 0 saturated heterocycles. The molecule has 0 spiro atoms. The molecule has 26 heavy (non-hydrogen) atoms. The molecule has 0 unspecified atom stereocenters. The van der Waals surface area contributed by atoms with Gasteiger partial charge in [0.15, 0.2) is 5.76 Å². The maximum absolute atomic E-state index is 14.4. The fourth-order valence-electron chi connectivity index (χ4n) is 2.80. The van der Waals surface area contributed by atoms with Gasteiger partial charge in [-0.1, -0.05) is 42.5 Å². The van der Waals surface area contributed by atoms with Crippen LogP contribution in [0.25, 0.3) is 34.0 Å². The SMILES string of the molecule is CSc1ccc(-c2nc(-c3ccccc3)oc2-c2ccccc2F)cc1. The Morgan fingerprint density at radius 2 is 1.50 bits per heavy atom.